The Hall–Kier alpha value is -4.45. The van der Waals surface area contributed by atoms with E-state index in [-0.39, 0.29) is 24.1 Å². The molecule has 1 heterocycles. The van der Waals surface area contributed by atoms with Gasteiger partial charge in [0.1, 0.15) is 12.1 Å². The Balaban J connectivity index is 0.000000532. The van der Waals surface area contributed by atoms with Crippen LogP contribution in [0.15, 0.2) is 66.7 Å². The highest BCUT2D eigenvalue weighted by Crippen LogP contribution is 2.18. The second kappa shape index (κ2) is 12.9. The maximum atomic E-state index is 12.6. The molecule has 0 radical (unpaired) electrons. The number of benzene rings is 3. The van der Waals surface area contributed by atoms with Crippen molar-refractivity contribution in [3.63, 3.8) is 0 Å². The normalized spacial score (nSPS) is 16.9. The molecule has 0 saturated carbocycles. The molecule has 1 aliphatic rings. The number of amides is 3. The monoisotopic (exact) mass is 544 g/mol. The molecule has 1 fully saturated rings. The van der Waals surface area contributed by atoms with E-state index >= 15 is 0 Å². The first-order chi connectivity index (χ1) is 18.5. The summed E-state index contributed by atoms with van der Waals surface area (Å²) in [6.07, 6.45) is -4.80. The summed E-state index contributed by atoms with van der Waals surface area (Å²) in [6, 6.07) is 20.0. The Bertz CT molecular complexity index is 1350. The second-order valence-electron chi connectivity index (χ2n) is 8.81. The Kier molecular flexibility index (Phi) is 9.61. The number of carboxylic acid groups (broad SMARTS) is 1. The van der Waals surface area contributed by atoms with Crippen molar-refractivity contribution in [2.45, 2.75) is 44.2 Å². The first kappa shape index (κ1) is 29.1. The number of hydrogen-bond acceptors (Lipinski definition) is 5. The molecule has 0 aromatic heterocycles. The van der Waals surface area contributed by atoms with Crippen LogP contribution in [-0.2, 0) is 38.7 Å². The molecule has 0 bridgehead atoms. The van der Waals surface area contributed by atoms with Gasteiger partial charge in [0.15, 0.2) is 0 Å². The average molecular weight is 545 g/mol. The molecule has 0 aliphatic carbocycles. The lowest BCUT2D eigenvalue weighted by atomic mass is 9.98. The van der Waals surface area contributed by atoms with Gasteiger partial charge in [-0.2, -0.15) is 13.2 Å². The van der Waals surface area contributed by atoms with Crippen molar-refractivity contribution in [2.24, 2.45) is 5.73 Å². The summed E-state index contributed by atoms with van der Waals surface area (Å²) in [6.45, 7) is 0.807. The molecule has 0 spiro atoms. The minimum absolute atomic E-state index is 0.110. The molecule has 3 aromatic rings. The largest absolute Gasteiger partial charge is 0.490 e. The molecule has 12 heteroatoms. The van der Waals surface area contributed by atoms with E-state index in [1.807, 2.05) is 66.7 Å². The molecule has 3 aromatic carbocycles. The van der Waals surface area contributed by atoms with E-state index in [2.05, 4.69) is 16.0 Å². The van der Waals surface area contributed by atoms with Crippen LogP contribution in [0.25, 0.3) is 10.8 Å². The van der Waals surface area contributed by atoms with E-state index in [0.29, 0.717) is 19.5 Å². The van der Waals surface area contributed by atoms with Crippen LogP contribution in [-0.4, -0.2) is 47.1 Å². The van der Waals surface area contributed by atoms with E-state index in [0.717, 1.165) is 27.5 Å². The predicted octanol–water partition coefficient (Wildman–Crippen LogP) is 2.16. The van der Waals surface area contributed by atoms with E-state index in [1.165, 1.54) is 0 Å². The molecule has 4 rings (SSSR count). The van der Waals surface area contributed by atoms with Crippen molar-refractivity contribution >= 4 is 34.5 Å². The van der Waals surface area contributed by atoms with Gasteiger partial charge in [-0.25, -0.2) is 4.79 Å². The van der Waals surface area contributed by atoms with Gasteiger partial charge in [0.2, 0.25) is 17.7 Å². The summed E-state index contributed by atoms with van der Waals surface area (Å²) in [5, 5.41) is 17.6. The highest BCUT2D eigenvalue weighted by Gasteiger charge is 2.38. The van der Waals surface area contributed by atoms with E-state index < -0.39 is 24.2 Å². The number of rotatable bonds is 7. The van der Waals surface area contributed by atoms with Crippen LogP contribution in [0, 0.1) is 0 Å². The molecule has 6 N–H and O–H groups in total. The number of carbonyl (C=O) groups is 4. The molecule has 206 valence electrons. The van der Waals surface area contributed by atoms with Gasteiger partial charge in [-0.3, -0.25) is 14.4 Å². The molecule has 2 unspecified atom stereocenters. The van der Waals surface area contributed by atoms with Gasteiger partial charge in [-0.1, -0.05) is 66.7 Å². The van der Waals surface area contributed by atoms with Crippen molar-refractivity contribution in [1.29, 1.82) is 0 Å². The number of nitrogens with one attached hydrogen (secondary N) is 3. The molecule has 1 saturated heterocycles. The first-order valence-corrected chi connectivity index (χ1v) is 11.9. The highest BCUT2D eigenvalue weighted by atomic mass is 19.4. The lowest BCUT2D eigenvalue weighted by Crippen LogP contribution is -2.63. The van der Waals surface area contributed by atoms with Gasteiger partial charge in [-0.15, -0.1) is 0 Å². The van der Waals surface area contributed by atoms with Crippen LogP contribution in [0.5, 0.6) is 0 Å². The smallest absolute Gasteiger partial charge is 0.475 e. The van der Waals surface area contributed by atoms with Crippen LogP contribution in [0.2, 0.25) is 0 Å². The minimum atomic E-state index is -5.08. The van der Waals surface area contributed by atoms with E-state index in [9.17, 15) is 27.6 Å². The fourth-order valence-electron chi connectivity index (χ4n) is 3.82. The number of carboxylic acids is 1. The van der Waals surface area contributed by atoms with Gasteiger partial charge in [-0.05, 0) is 27.5 Å². The Labute approximate surface area is 221 Å². The fraction of sp³-hybridized carbons (Fsp3) is 0.259. The average Bonchev–Trinajstić information content (AvgIpc) is 2.90. The summed E-state index contributed by atoms with van der Waals surface area (Å²) >= 11 is 0. The summed E-state index contributed by atoms with van der Waals surface area (Å²) in [7, 11) is 0. The van der Waals surface area contributed by atoms with E-state index in [1.54, 1.807) is 0 Å². The van der Waals surface area contributed by atoms with Crippen molar-refractivity contribution in [3.05, 3.63) is 83.4 Å². The number of alkyl halides is 3. The molecule has 1 aliphatic heterocycles. The molecule has 2 atom stereocenters. The summed E-state index contributed by atoms with van der Waals surface area (Å²) in [5.41, 5.74) is 8.49. The fourth-order valence-corrected chi connectivity index (χ4v) is 3.82. The SMILES string of the molecule is NCc1ccc(CNC(=O)CC2NC(=O)C(Cc3ccc4ccccc4c3)NC2=O)cc1.O=C(O)C(F)(F)F. The van der Waals surface area contributed by atoms with Crippen LogP contribution < -0.4 is 21.7 Å². The predicted molar refractivity (Wildman–Crippen MR) is 136 cm³/mol. The minimum Gasteiger partial charge on any atom is -0.475 e. The number of nitrogens with two attached hydrogens (primary N) is 1. The summed E-state index contributed by atoms with van der Waals surface area (Å²) in [4.78, 5) is 46.3. The second-order valence-corrected chi connectivity index (χ2v) is 8.81. The van der Waals surface area contributed by atoms with Crippen molar-refractivity contribution in [3.8, 4) is 0 Å². The third kappa shape index (κ3) is 8.54. The van der Waals surface area contributed by atoms with Crippen molar-refractivity contribution in [2.75, 3.05) is 0 Å². The number of piperazine rings is 1. The van der Waals surface area contributed by atoms with Gasteiger partial charge in [0.05, 0.1) is 6.42 Å². The lowest BCUT2D eigenvalue weighted by Gasteiger charge is -2.29. The Morgan fingerprint density at radius 1 is 0.846 bits per heavy atom. The topological polar surface area (TPSA) is 151 Å². The van der Waals surface area contributed by atoms with Gasteiger partial charge < -0.3 is 26.8 Å². The molecular weight excluding hydrogens is 517 g/mol. The maximum absolute atomic E-state index is 12.6. The van der Waals surface area contributed by atoms with Crippen molar-refractivity contribution < 1.29 is 37.5 Å². The summed E-state index contributed by atoms with van der Waals surface area (Å²) in [5.74, 6) is -3.69. The van der Waals surface area contributed by atoms with Crippen LogP contribution in [0.1, 0.15) is 23.1 Å². The Morgan fingerprint density at radius 3 is 2.00 bits per heavy atom. The van der Waals surface area contributed by atoms with Crippen molar-refractivity contribution in [1.82, 2.24) is 16.0 Å². The quantitative estimate of drug-likeness (QED) is 0.308. The number of fused-ring (bicyclic) bond motifs is 1. The highest BCUT2D eigenvalue weighted by molar-refractivity contribution is 5.99. The zero-order valence-corrected chi connectivity index (χ0v) is 20.6. The zero-order chi connectivity index (χ0) is 28.6. The van der Waals surface area contributed by atoms with Gasteiger partial charge in [0, 0.05) is 19.5 Å². The molecular formula is C27H27F3N4O5. The zero-order valence-electron chi connectivity index (χ0n) is 20.6. The van der Waals surface area contributed by atoms with Gasteiger partial charge in [0.25, 0.3) is 0 Å². The number of hydrogen-bond donors (Lipinski definition) is 5. The third-order valence-corrected chi connectivity index (χ3v) is 5.90. The first-order valence-electron chi connectivity index (χ1n) is 11.9. The van der Waals surface area contributed by atoms with Crippen LogP contribution in [0.3, 0.4) is 0 Å². The maximum Gasteiger partial charge on any atom is 0.490 e. The Morgan fingerprint density at radius 2 is 1.38 bits per heavy atom. The number of aliphatic carboxylic acids is 1. The summed E-state index contributed by atoms with van der Waals surface area (Å²) < 4.78 is 31.7. The lowest BCUT2D eigenvalue weighted by molar-refractivity contribution is -0.192. The number of carbonyl (C=O) groups excluding carboxylic acids is 3. The van der Waals surface area contributed by atoms with Crippen LogP contribution in [0.4, 0.5) is 13.2 Å². The molecule has 39 heavy (non-hydrogen) atoms. The van der Waals surface area contributed by atoms with Gasteiger partial charge >= 0.3 is 12.1 Å². The van der Waals surface area contributed by atoms with Crippen LogP contribution >= 0.6 is 0 Å². The standard InChI is InChI=1S/C25H26N4O3.C2HF3O2/c26-14-16-5-7-17(8-6-16)15-27-23(30)13-22-25(32)28-21(24(31)29-22)12-18-9-10-19-3-1-2-4-20(19)11-18;3-2(4,5)1(6)7/h1-11,21-22H,12-15,26H2,(H,27,30)(H,28,32)(H,29,31);(H,6,7). The molecule has 9 nitrogen and oxygen atoms in total. The third-order valence-electron chi connectivity index (χ3n) is 5.90. The molecule has 3 amide bonds. The number of halogens is 3. The van der Waals surface area contributed by atoms with E-state index in [4.69, 9.17) is 15.6 Å².